The molecule has 1 aromatic rings. The van der Waals surface area contributed by atoms with Gasteiger partial charge in [0.1, 0.15) is 11.3 Å². The molecule has 0 aliphatic heterocycles. The lowest BCUT2D eigenvalue weighted by molar-refractivity contribution is 0.0198. The summed E-state index contributed by atoms with van der Waals surface area (Å²) < 4.78 is 29.8. The van der Waals surface area contributed by atoms with E-state index in [1.807, 2.05) is 0 Å². The molecule has 0 atom stereocenters. The van der Waals surface area contributed by atoms with E-state index in [-0.39, 0.29) is 0 Å². The molecule has 4 fully saturated rings. The quantitative estimate of drug-likeness (QED) is 0.703. The summed E-state index contributed by atoms with van der Waals surface area (Å²) in [6, 6.07) is 2.46. The fourth-order valence-electron chi connectivity index (χ4n) is 4.83. The number of aromatic hydroxyl groups is 1. The van der Waals surface area contributed by atoms with E-state index in [2.05, 4.69) is 0 Å². The molecule has 4 saturated carbocycles. The molecule has 0 unspecified atom stereocenters. The van der Waals surface area contributed by atoms with Gasteiger partial charge in [-0.15, -0.1) is 0 Å². The van der Waals surface area contributed by atoms with Crippen LogP contribution in [0.3, 0.4) is 0 Å². The van der Waals surface area contributed by atoms with Gasteiger partial charge >= 0.3 is 5.97 Å². The minimum absolute atomic E-state index is 0.565. The van der Waals surface area contributed by atoms with Crippen LogP contribution in [-0.4, -0.2) is 29.2 Å². The van der Waals surface area contributed by atoms with Crippen LogP contribution in [0.15, 0.2) is 23.1 Å². The number of benzene rings is 1. The number of hydrogen-bond acceptors (Lipinski definition) is 4. The molecular formula is C17H22O6S. The molecule has 7 heteroatoms. The Balaban J connectivity index is 0.000000147. The van der Waals surface area contributed by atoms with Gasteiger partial charge in [0.15, 0.2) is 0 Å². The smallest absolute Gasteiger partial charge is 0.339 e. The van der Waals surface area contributed by atoms with Crippen molar-refractivity contribution in [3.63, 3.8) is 0 Å². The van der Waals surface area contributed by atoms with Gasteiger partial charge in [-0.05, 0) is 80.4 Å². The van der Waals surface area contributed by atoms with Crippen molar-refractivity contribution < 1.29 is 28.0 Å². The van der Waals surface area contributed by atoms with Crippen molar-refractivity contribution in [3.8, 4) is 5.75 Å². The van der Waals surface area contributed by atoms with Gasteiger partial charge in [0, 0.05) is 0 Å². The van der Waals surface area contributed by atoms with E-state index < -0.39 is 32.3 Å². The summed E-state index contributed by atoms with van der Waals surface area (Å²) >= 11 is 0. The number of carboxylic acids is 1. The molecule has 24 heavy (non-hydrogen) atoms. The Hall–Kier alpha value is -1.60. The van der Waals surface area contributed by atoms with E-state index in [9.17, 15) is 13.2 Å². The number of phenols is 1. The van der Waals surface area contributed by atoms with Crippen LogP contribution in [0.5, 0.6) is 5.75 Å². The first-order chi connectivity index (χ1) is 11.2. The van der Waals surface area contributed by atoms with E-state index in [1.54, 1.807) is 38.5 Å². The predicted molar refractivity (Wildman–Crippen MR) is 86.5 cm³/mol. The topological polar surface area (TPSA) is 112 Å². The second-order valence-corrected chi connectivity index (χ2v) is 8.76. The SMILES string of the molecule is C1C2CC3CC1CC(C2)C3.O=C(O)c1cc(S(=O)(=O)O)ccc1O. The average Bonchev–Trinajstić information content (AvgIpc) is 2.45. The van der Waals surface area contributed by atoms with Gasteiger partial charge in [-0.1, -0.05) is 0 Å². The van der Waals surface area contributed by atoms with Crippen molar-refractivity contribution in [3.05, 3.63) is 23.8 Å². The summed E-state index contributed by atoms with van der Waals surface area (Å²) in [7, 11) is -4.45. The minimum Gasteiger partial charge on any atom is -0.507 e. The lowest BCUT2D eigenvalue weighted by atomic mass is 9.56. The molecule has 6 nitrogen and oxygen atoms in total. The van der Waals surface area contributed by atoms with Gasteiger partial charge in [0.2, 0.25) is 0 Å². The van der Waals surface area contributed by atoms with E-state index in [1.165, 1.54) is 23.7 Å². The van der Waals surface area contributed by atoms with Crippen LogP contribution in [0.4, 0.5) is 0 Å². The zero-order valence-electron chi connectivity index (χ0n) is 13.3. The summed E-state index contributed by atoms with van der Waals surface area (Å²) in [5.74, 6) is 2.66. The standard InChI is InChI=1S/C10H16.C7H6O6S/c1-7-2-9-4-8(1)5-10(3-7)6-9;8-6-2-1-4(14(11,12)13)3-5(6)7(9)10/h7-10H,1-6H2;1-3,8H,(H,9,10)(H,11,12,13). The fourth-order valence-corrected chi connectivity index (χ4v) is 5.34. The van der Waals surface area contributed by atoms with Gasteiger partial charge < -0.3 is 10.2 Å². The second kappa shape index (κ2) is 6.37. The van der Waals surface area contributed by atoms with Crippen molar-refractivity contribution >= 4 is 16.1 Å². The fraction of sp³-hybridized carbons (Fsp3) is 0.588. The van der Waals surface area contributed by atoms with Gasteiger partial charge in [-0.3, -0.25) is 4.55 Å². The first-order valence-corrected chi connectivity index (χ1v) is 9.70. The first kappa shape index (κ1) is 17.2. The highest BCUT2D eigenvalue weighted by Gasteiger charge is 2.41. The van der Waals surface area contributed by atoms with E-state index in [4.69, 9.17) is 14.8 Å². The van der Waals surface area contributed by atoms with Gasteiger partial charge in [0.05, 0.1) is 4.90 Å². The highest BCUT2D eigenvalue weighted by molar-refractivity contribution is 7.85. The number of carboxylic acid groups (broad SMARTS) is 1. The molecule has 4 aliphatic rings. The summed E-state index contributed by atoms with van der Waals surface area (Å²) in [5.41, 5.74) is -0.583. The van der Waals surface area contributed by atoms with E-state index in [0.29, 0.717) is 6.07 Å². The van der Waals surface area contributed by atoms with Crippen LogP contribution in [0.1, 0.15) is 48.9 Å². The Bertz CT molecular complexity index is 683. The third kappa shape index (κ3) is 3.72. The maximum Gasteiger partial charge on any atom is 0.339 e. The Kier molecular flexibility index (Phi) is 4.57. The lowest BCUT2D eigenvalue weighted by Gasteiger charge is -2.49. The largest absolute Gasteiger partial charge is 0.507 e. The molecule has 0 radical (unpaired) electrons. The monoisotopic (exact) mass is 354 g/mol. The highest BCUT2D eigenvalue weighted by atomic mass is 32.2. The van der Waals surface area contributed by atoms with Crippen LogP contribution >= 0.6 is 0 Å². The van der Waals surface area contributed by atoms with Crippen molar-refractivity contribution in [2.24, 2.45) is 23.7 Å². The lowest BCUT2D eigenvalue weighted by Crippen LogP contribution is -2.38. The Morgan fingerprint density at radius 1 is 0.917 bits per heavy atom. The third-order valence-electron chi connectivity index (χ3n) is 5.50. The molecule has 132 valence electrons. The third-order valence-corrected chi connectivity index (χ3v) is 6.35. The number of rotatable bonds is 2. The number of aromatic carboxylic acids is 1. The second-order valence-electron chi connectivity index (χ2n) is 7.34. The summed E-state index contributed by atoms with van der Waals surface area (Å²) in [5, 5.41) is 17.5. The molecule has 3 N–H and O–H groups in total. The van der Waals surface area contributed by atoms with Crippen molar-refractivity contribution in [1.29, 1.82) is 0 Å². The van der Waals surface area contributed by atoms with Crippen LogP contribution < -0.4 is 0 Å². The van der Waals surface area contributed by atoms with Gasteiger partial charge in [-0.25, -0.2) is 4.79 Å². The molecular weight excluding hydrogens is 332 g/mol. The molecule has 5 rings (SSSR count). The van der Waals surface area contributed by atoms with Crippen LogP contribution in [0.25, 0.3) is 0 Å². The molecule has 0 saturated heterocycles. The summed E-state index contributed by atoms with van der Waals surface area (Å²) in [6.45, 7) is 0. The minimum atomic E-state index is -4.45. The zero-order chi connectivity index (χ0) is 17.5. The molecule has 4 aliphatic carbocycles. The molecule has 4 bridgehead atoms. The van der Waals surface area contributed by atoms with Gasteiger partial charge in [-0.2, -0.15) is 8.42 Å². The molecule has 1 aromatic carbocycles. The van der Waals surface area contributed by atoms with E-state index >= 15 is 0 Å². The summed E-state index contributed by atoms with van der Waals surface area (Å²) in [4.78, 5) is 9.89. The maximum atomic E-state index is 10.6. The Morgan fingerprint density at radius 3 is 1.67 bits per heavy atom. The predicted octanol–water partition coefficient (Wildman–Crippen LogP) is 3.17. The van der Waals surface area contributed by atoms with Crippen molar-refractivity contribution in [1.82, 2.24) is 0 Å². The molecule has 0 heterocycles. The van der Waals surface area contributed by atoms with E-state index in [0.717, 1.165) is 12.1 Å². The van der Waals surface area contributed by atoms with Crippen LogP contribution in [0.2, 0.25) is 0 Å². The molecule has 0 spiro atoms. The Labute approximate surface area is 141 Å². The number of hydrogen-bond donors (Lipinski definition) is 3. The summed E-state index contributed by atoms with van der Waals surface area (Å²) in [6.07, 6.45) is 9.62. The average molecular weight is 354 g/mol. The molecule has 0 amide bonds. The Morgan fingerprint density at radius 2 is 1.33 bits per heavy atom. The van der Waals surface area contributed by atoms with Crippen LogP contribution in [0, 0.1) is 23.7 Å². The first-order valence-electron chi connectivity index (χ1n) is 8.26. The van der Waals surface area contributed by atoms with Crippen LogP contribution in [-0.2, 0) is 10.1 Å². The highest BCUT2D eigenvalue weighted by Crippen LogP contribution is 2.53. The normalized spacial score (nSPS) is 30.5. The zero-order valence-corrected chi connectivity index (χ0v) is 14.1. The number of carbonyl (C=O) groups is 1. The maximum absolute atomic E-state index is 10.6. The van der Waals surface area contributed by atoms with Crippen molar-refractivity contribution in [2.45, 2.75) is 43.4 Å². The molecule has 0 aromatic heterocycles. The van der Waals surface area contributed by atoms with Gasteiger partial charge in [0.25, 0.3) is 10.1 Å². The van der Waals surface area contributed by atoms with Crippen molar-refractivity contribution in [2.75, 3.05) is 0 Å².